The highest BCUT2D eigenvalue weighted by molar-refractivity contribution is 5.78. The molecule has 2 aromatic rings. The van der Waals surface area contributed by atoms with Gasteiger partial charge in [-0.1, -0.05) is 13.0 Å². The van der Waals surface area contributed by atoms with Gasteiger partial charge in [-0.25, -0.2) is 9.59 Å². The van der Waals surface area contributed by atoms with Gasteiger partial charge in [-0.2, -0.15) is 0 Å². The summed E-state index contributed by atoms with van der Waals surface area (Å²) in [5.74, 6) is 0. The predicted molar refractivity (Wildman–Crippen MR) is 99.7 cm³/mol. The highest BCUT2D eigenvalue weighted by atomic mass is 16.6. The number of carbonyl (C=O) groups excluding carboxylic acids is 1. The average Bonchev–Trinajstić information content (AvgIpc) is 2.66. The van der Waals surface area contributed by atoms with E-state index < -0.39 is 0 Å². The number of aryl methyl sites for hydroxylation is 2. The highest BCUT2D eigenvalue weighted by Gasteiger charge is 2.27. The average molecular weight is 359 g/mol. The van der Waals surface area contributed by atoms with Crippen molar-refractivity contribution >= 4 is 17.0 Å². The lowest BCUT2D eigenvalue weighted by molar-refractivity contribution is 0.0919. The van der Waals surface area contributed by atoms with Crippen LogP contribution in [0.1, 0.15) is 38.3 Å². The predicted octanol–water partition coefficient (Wildman–Crippen LogP) is 2.06. The van der Waals surface area contributed by atoms with Crippen LogP contribution in [0.4, 0.5) is 4.79 Å². The van der Waals surface area contributed by atoms with Crippen LogP contribution in [0, 0.1) is 0 Å². The Morgan fingerprint density at radius 2 is 1.88 bits per heavy atom. The van der Waals surface area contributed by atoms with Gasteiger partial charge in [0.05, 0.1) is 17.5 Å². The Morgan fingerprint density at radius 3 is 2.50 bits per heavy atom. The molecule has 0 spiro atoms. The second kappa shape index (κ2) is 7.35. The van der Waals surface area contributed by atoms with Crippen LogP contribution in [0.3, 0.4) is 0 Å². The standard InChI is InChI=1S/C19H25N3O4/c1-4-13-6-7-16-15(12-13)17(23)22(18(24)20(16)3)14-8-10-21(11-9-14)19(25)26-5-2/h6-7,12,14H,4-5,8-11H2,1-3H3. The molecule has 3 rings (SSSR count). The Labute approximate surface area is 151 Å². The lowest BCUT2D eigenvalue weighted by Gasteiger charge is -2.32. The molecule has 1 aliphatic heterocycles. The summed E-state index contributed by atoms with van der Waals surface area (Å²) in [7, 11) is 1.69. The van der Waals surface area contributed by atoms with Gasteiger partial charge in [0.2, 0.25) is 0 Å². The van der Waals surface area contributed by atoms with Crippen molar-refractivity contribution < 1.29 is 9.53 Å². The Bertz CT molecular complexity index is 936. The summed E-state index contributed by atoms with van der Waals surface area (Å²) in [6.07, 6.45) is 1.62. The maximum Gasteiger partial charge on any atom is 0.409 e. The van der Waals surface area contributed by atoms with Crippen LogP contribution in [0.15, 0.2) is 27.8 Å². The number of aromatic nitrogens is 2. The van der Waals surface area contributed by atoms with E-state index in [9.17, 15) is 14.4 Å². The number of amides is 1. The molecule has 0 aliphatic carbocycles. The minimum Gasteiger partial charge on any atom is -0.450 e. The third-order valence-corrected chi connectivity index (χ3v) is 5.13. The number of benzene rings is 1. The van der Waals surface area contributed by atoms with Gasteiger partial charge in [0, 0.05) is 26.2 Å². The zero-order chi connectivity index (χ0) is 18.8. The number of nitrogens with zero attached hydrogens (tertiary/aromatic N) is 3. The van der Waals surface area contributed by atoms with E-state index in [0.717, 1.165) is 12.0 Å². The molecule has 0 bridgehead atoms. The number of ether oxygens (including phenoxy) is 1. The minimum absolute atomic E-state index is 0.207. The lowest BCUT2D eigenvalue weighted by atomic mass is 10.0. The van der Waals surface area contributed by atoms with E-state index >= 15 is 0 Å². The molecule has 0 unspecified atom stereocenters. The van der Waals surface area contributed by atoms with E-state index in [4.69, 9.17) is 4.74 Å². The zero-order valence-electron chi connectivity index (χ0n) is 15.5. The largest absolute Gasteiger partial charge is 0.450 e. The van der Waals surface area contributed by atoms with Crippen LogP contribution in [-0.2, 0) is 18.2 Å². The molecule has 26 heavy (non-hydrogen) atoms. The first-order chi connectivity index (χ1) is 12.5. The molecular formula is C19H25N3O4. The van der Waals surface area contributed by atoms with E-state index in [-0.39, 0.29) is 23.4 Å². The maximum atomic E-state index is 13.0. The van der Waals surface area contributed by atoms with E-state index in [1.165, 1.54) is 9.13 Å². The fourth-order valence-electron chi connectivity index (χ4n) is 3.59. The molecule has 1 fully saturated rings. The first kappa shape index (κ1) is 18.2. The van der Waals surface area contributed by atoms with Crippen LogP contribution in [0.25, 0.3) is 10.9 Å². The fourth-order valence-corrected chi connectivity index (χ4v) is 3.59. The van der Waals surface area contributed by atoms with Gasteiger partial charge < -0.3 is 9.64 Å². The van der Waals surface area contributed by atoms with Crippen molar-refractivity contribution in [1.29, 1.82) is 0 Å². The molecule has 0 radical (unpaired) electrons. The van der Waals surface area contributed by atoms with Crippen LogP contribution in [0.5, 0.6) is 0 Å². The molecule has 2 heterocycles. The molecule has 1 aromatic heterocycles. The molecule has 1 aromatic carbocycles. The smallest absolute Gasteiger partial charge is 0.409 e. The van der Waals surface area contributed by atoms with E-state index in [2.05, 4.69) is 0 Å². The quantitative estimate of drug-likeness (QED) is 0.841. The molecular weight excluding hydrogens is 334 g/mol. The van der Waals surface area contributed by atoms with E-state index in [1.807, 2.05) is 25.1 Å². The Morgan fingerprint density at radius 1 is 1.19 bits per heavy atom. The Balaban J connectivity index is 1.97. The third kappa shape index (κ3) is 3.13. The van der Waals surface area contributed by atoms with Gasteiger partial charge in [-0.05, 0) is 43.9 Å². The highest BCUT2D eigenvalue weighted by Crippen LogP contribution is 2.21. The Kier molecular flexibility index (Phi) is 5.15. The molecule has 7 nitrogen and oxygen atoms in total. The number of hydrogen-bond acceptors (Lipinski definition) is 4. The van der Waals surface area contributed by atoms with Crippen LogP contribution < -0.4 is 11.2 Å². The summed E-state index contributed by atoms with van der Waals surface area (Å²) >= 11 is 0. The van der Waals surface area contributed by atoms with Gasteiger partial charge in [-0.15, -0.1) is 0 Å². The van der Waals surface area contributed by atoms with Crippen molar-refractivity contribution in [2.45, 2.75) is 39.2 Å². The summed E-state index contributed by atoms with van der Waals surface area (Å²) in [6, 6.07) is 5.46. The molecule has 140 valence electrons. The fraction of sp³-hybridized carbons (Fsp3) is 0.526. The van der Waals surface area contributed by atoms with Gasteiger partial charge in [0.15, 0.2) is 0 Å². The summed E-state index contributed by atoms with van der Waals surface area (Å²) in [5.41, 5.74) is 1.17. The number of piperidine rings is 1. The van der Waals surface area contributed by atoms with Crippen LogP contribution in [0.2, 0.25) is 0 Å². The van der Waals surface area contributed by atoms with Gasteiger partial charge in [-0.3, -0.25) is 13.9 Å². The van der Waals surface area contributed by atoms with E-state index in [0.29, 0.717) is 43.4 Å². The monoisotopic (exact) mass is 359 g/mol. The summed E-state index contributed by atoms with van der Waals surface area (Å²) < 4.78 is 7.93. The number of fused-ring (bicyclic) bond motifs is 1. The molecule has 1 amide bonds. The topological polar surface area (TPSA) is 73.5 Å². The summed E-state index contributed by atoms with van der Waals surface area (Å²) in [5, 5.41) is 0.569. The number of rotatable bonds is 3. The molecule has 0 atom stereocenters. The lowest BCUT2D eigenvalue weighted by Crippen LogP contribution is -2.46. The third-order valence-electron chi connectivity index (χ3n) is 5.13. The SMILES string of the molecule is CCOC(=O)N1CCC(n2c(=O)c3cc(CC)ccc3n(C)c2=O)CC1. The van der Waals surface area contributed by atoms with Gasteiger partial charge in [0.25, 0.3) is 5.56 Å². The second-order valence-electron chi connectivity index (χ2n) is 6.64. The van der Waals surface area contributed by atoms with Crippen molar-refractivity contribution in [3.05, 3.63) is 44.6 Å². The first-order valence-corrected chi connectivity index (χ1v) is 9.13. The van der Waals surface area contributed by atoms with Crippen molar-refractivity contribution in [2.24, 2.45) is 7.05 Å². The van der Waals surface area contributed by atoms with Crippen LogP contribution >= 0.6 is 0 Å². The molecule has 0 saturated carbocycles. The minimum atomic E-state index is -0.336. The first-order valence-electron chi connectivity index (χ1n) is 9.13. The molecule has 0 N–H and O–H groups in total. The van der Waals surface area contributed by atoms with E-state index in [1.54, 1.807) is 18.9 Å². The van der Waals surface area contributed by atoms with Crippen LogP contribution in [-0.4, -0.2) is 39.8 Å². The van der Waals surface area contributed by atoms with Crippen molar-refractivity contribution in [3.63, 3.8) is 0 Å². The number of hydrogen-bond donors (Lipinski definition) is 0. The van der Waals surface area contributed by atoms with Gasteiger partial charge in [0.1, 0.15) is 0 Å². The molecule has 1 aliphatic rings. The van der Waals surface area contributed by atoms with Crippen molar-refractivity contribution in [2.75, 3.05) is 19.7 Å². The van der Waals surface area contributed by atoms with Gasteiger partial charge >= 0.3 is 11.8 Å². The Hall–Kier alpha value is -2.57. The summed E-state index contributed by atoms with van der Waals surface area (Å²) in [4.78, 5) is 39.3. The molecule has 7 heteroatoms. The molecule has 1 saturated heterocycles. The maximum absolute atomic E-state index is 13.0. The zero-order valence-corrected chi connectivity index (χ0v) is 15.5. The van der Waals surface area contributed by atoms with Crippen molar-refractivity contribution in [1.82, 2.24) is 14.0 Å². The second-order valence-corrected chi connectivity index (χ2v) is 6.64. The number of carbonyl (C=O) groups is 1. The number of likely N-dealkylation sites (tertiary alicyclic amines) is 1. The summed E-state index contributed by atoms with van der Waals surface area (Å²) in [6.45, 7) is 5.10. The van der Waals surface area contributed by atoms with Crippen molar-refractivity contribution in [3.8, 4) is 0 Å². The normalized spacial score (nSPS) is 15.4.